The van der Waals surface area contributed by atoms with Crippen molar-refractivity contribution in [2.75, 3.05) is 12.3 Å². The molecule has 1 saturated heterocycles. The first-order chi connectivity index (χ1) is 11.9. The zero-order valence-corrected chi connectivity index (χ0v) is 13.5. The third-order valence-corrected chi connectivity index (χ3v) is 3.73. The molecule has 25 heavy (non-hydrogen) atoms. The minimum atomic E-state index is -0.993. The van der Waals surface area contributed by atoms with Crippen LogP contribution in [0.25, 0.3) is 11.2 Å². The topological polar surface area (TPSA) is 152 Å². The predicted molar refractivity (Wildman–Crippen MR) is 81.8 cm³/mol. The Morgan fingerprint density at radius 1 is 1.24 bits per heavy atom. The lowest BCUT2D eigenvalue weighted by Crippen LogP contribution is -2.40. The van der Waals surface area contributed by atoms with Gasteiger partial charge in [-0.25, -0.2) is 15.0 Å². The monoisotopic (exact) mass is 351 g/mol. The van der Waals surface area contributed by atoms with E-state index in [2.05, 4.69) is 15.0 Å². The third kappa shape index (κ3) is 3.10. The number of fused-ring (bicyclic) bond motifs is 1. The quantitative estimate of drug-likeness (QED) is 0.667. The number of hydrogen-bond acceptors (Lipinski definition) is 10. The molecule has 0 aliphatic carbocycles. The van der Waals surface area contributed by atoms with Gasteiger partial charge in [0.2, 0.25) is 0 Å². The summed E-state index contributed by atoms with van der Waals surface area (Å²) < 4.78 is 17.7. The number of carbonyl (C=O) groups is 2. The number of esters is 2. The van der Waals surface area contributed by atoms with Gasteiger partial charge in [0.1, 0.15) is 17.9 Å². The first kappa shape index (κ1) is 17.0. The van der Waals surface area contributed by atoms with Crippen molar-refractivity contribution in [3.05, 3.63) is 12.7 Å². The van der Waals surface area contributed by atoms with Crippen LogP contribution in [0.15, 0.2) is 12.7 Å². The molecular formula is C14H17N5O6. The molecule has 0 bridgehead atoms. The molecule has 0 aromatic carbocycles. The second-order valence-corrected chi connectivity index (χ2v) is 5.48. The molecule has 0 saturated carbocycles. The van der Waals surface area contributed by atoms with Crippen molar-refractivity contribution in [1.29, 1.82) is 0 Å². The average Bonchev–Trinajstić information content (AvgIpc) is 3.10. The fourth-order valence-electron chi connectivity index (χ4n) is 2.79. The zero-order chi connectivity index (χ0) is 18.1. The lowest BCUT2D eigenvalue weighted by molar-refractivity contribution is -0.165. The molecule has 3 rings (SSSR count). The van der Waals surface area contributed by atoms with Crippen molar-refractivity contribution < 1.29 is 28.9 Å². The molecular weight excluding hydrogens is 334 g/mol. The standard InChI is InChI=1S/C14H17N5O6/c1-6(21)23-10-8(3-20)25-14(11(10)24-7(2)22)19-5-18-9-12(15)16-4-17-13(9)19/h4-5,8,10-11,14,20H,3H2,1-2H3,(H2,15,16,17)/t8-,10-,11+,14-/m1/s1. The second kappa shape index (κ2) is 6.61. The van der Waals surface area contributed by atoms with Crippen molar-refractivity contribution in [1.82, 2.24) is 19.5 Å². The van der Waals surface area contributed by atoms with Gasteiger partial charge in [-0.05, 0) is 0 Å². The van der Waals surface area contributed by atoms with Gasteiger partial charge in [0.25, 0.3) is 0 Å². The van der Waals surface area contributed by atoms with E-state index in [9.17, 15) is 14.7 Å². The maximum Gasteiger partial charge on any atom is 0.303 e. The van der Waals surface area contributed by atoms with Crippen LogP contribution in [-0.4, -0.2) is 61.5 Å². The molecule has 2 aromatic rings. The van der Waals surface area contributed by atoms with Crippen LogP contribution in [0.2, 0.25) is 0 Å². The van der Waals surface area contributed by atoms with E-state index < -0.39 is 43.1 Å². The first-order valence-electron chi connectivity index (χ1n) is 7.46. The molecule has 1 fully saturated rings. The Morgan fingerprint density at radius 3 is 2.56 bits per heavy atom. The molecule has 0 unspecified atom stereocenters. The van der Waals surface area contributed by atoms with Crippen molar-refractivity contribution in [3.8, 4) is 0 Å². The summed E-state index contributed by atoms with van der Waals surface area (Å²) in [7, 11) is 0. The fourth-order valence-corrected chi connectivity index (χ4v) is 2.79. The molecule has 11 heteroatoms. The summed E-state index contributed by atoms with van der Waals surface area (Å²) in [6, 6.07) is 0. The van der Waals surface area contributed by atoms with E-state index in [4.69, 9.17) is 19.9 Å². The number of aliphatic hydroxyl groups excluding tert-OH is 1. The highest BCUT2D eigenvalue weighted by Crippen LogP contribution is 2.35. The van der Waals surface area contributed by atoms with Gasteiger partial charge in [-0.1, -0.05) is 0 Å². The highest BCUT2D eigenvalue weighted by atomic mass is 16.6. The number of rotatable bonds is 4. The van der Waals surface area contributed by atoms with Crippen molar-refractivity contribution in [2.45, 2.75) is 38.4 Å². The van der Waals surface area contributed by atoms with Crippen LogP contribution in [0.3, 0.4) is 0 Å². The molecule has 11 nitrogen and oxygen atoms in total. The summed E-state index contributed by atoms with van der Waals surface area (Å²) in [6.07, 6.45) is -1.10. The van der Waals surface area contributed by atoms with Crippen LogP contribution >= 0.6 is 0 Å². The molecule has 134 valence electrons. The Hall–Kier alpha value is -2.79. The maximum absolute atomic E-state index is 11.5. The van der Waals surface area contributed by atoms with Crippen molar-refractivity contribution in [2.24, 2.45) is 0 Å². The Labute approximate surface area is 141 Å². The molecule has 3 N–H and O–H groups in total. The highest BCUT2D eigenvalue weighted by molar-refractivity contribution is 5.81. The molecule has 1 aliphatic rings. The third-order valence-electron chi connectivity index (χ3n) is 3.73. The molecule has 1 aliphatic heterocycles. The minimum Gasteiger partial charge on any atom is -0.456 e. The van der Waals surface area contributed by atoms with Crippen LogP contribution in [-0.2, 0) is 23.8 Å². The van der Waals surface area contributed by atoms with Crippen LogP contribution < -0.4 is 5.73 Å². The number of anilines is 1. The van der Waals surface area contributed by atoms with Gasteiger partial charge in [0, 0.05) is 13.8 Å². The number of nitrogen functional groups attached to an aromatic ring is 1. The predicted octanol–water partition coefficient (Wildman–Crippen LogP) is -0.838. The summed E-state index contributed by atoms with van der Waals surface area (Å²) in [5, 5.41) is 9.55. The molecule has 2 aromatic heterocycles. The molecule has 0 spiro atoms. The number of aromatic nitrogens is 4. The first-order valence-corrected chi connectivity index (χ1v) is 7.46. The smallest absolute Gasteiger partial charge is 0.303 e. The Kier molecular flexibility index (Phi) is 4.51. The minimum absolute atomic E-state index is 0.182. The zero-order valence-electron chi connectivity index (χ0n) is 13.5. The van der Waals surface area contributed by atoms with Crippen molar-refractivity contribution >= 4 is 28.9 Å². The number of nitrogens with zero attached hydrogens (tertiary/aromatic N) is 4. The largest absolute Gasteiger partial charge is 0.456 e. The molecule has 0 amide bonds. The highest BCUT2D eigenvalue weighted by Gasteiger charge is 2.50. The van der Waals surface area contributed by atoms with Gasteiger partial charge in [-0.2, -0.15) is 0 Å². The number of imidazole rings is 1. The summed E-state index contributed by atoms with van der Waals surface area (Å²) in [5.41, 5.74) is 6.48. The second-order valence-electron chi connectivity index (χ2n) is 5.48. The van der Waals surface area contributed by atoms with Crippen molar-refractivity contribution in [3.63, 3.8) is 0 Å². The Balaban J connectivity index is 2.04. The summed E-state index contributed by atoms with van der Waals surface area (Å²) in [6.45, 7) is 2.00. The van der Waals surface area contributed by atoms with E-state index >= 15 is 0 Å². The number of hydrogen-bond donors (Lipinski definition) is 2. The van der Waals surface area contributed by atoms with E-state index in [-0.39, 0.29) is 5.82 Å². The Morgan fingerprint density at radius 2 is 1.92 bits per heavy atom. The number of nitrogens with two attached hydrogens (primary N) is 1. The summed E-state index contributed by atoms with van der Waals surface area (Å²) >= 11 is 0. The number of ether oxygens (including phenoxy) is 3. The van der Waals surface area contributed by atoms with E-state index in [0.29, 0.717) is 11.2 Å². The lowest BCUT2D eigenvalue weighted by atomic mass is 10.1. The van der Waals surface area contributed by atoms with E-state index in [0.717, 1.165) is 0 Å². The Bertz CT molecular complexity index is 808. The van der Waals surface area contributed by atoms with Crippen LogP contribution in [0.5, 0.6) is 0 Å². The fraction of sp³-hybridized carbons (Fsp3) is 0.500. The van der Waals surface area contributed by atoms with E-state index in [1.165, 1.54) is 31.1 Å². The summed E-state index contributed by atoms with van der Waals surface area (Å²) in [5.74, 6) is -0.999. The van der Waals surface area contributed by atoms with Gasteiger partial charge in [0.05, 0.1) is 12.9 Å². The van der Waals surface area contributed by atoms with Crippen LogP contribution in [0, 0.1) is 0 Å². The number of carbonyl (C=O) groups excluding carboxylic acids is 2. The van der Waals surface area contributed by atoms with Gasteiger partial charge < -0.3 is 25.1 Å². The average molecular weight is 351 g/mol. The van der Waals surface area contributed by atoms with Crippen LogP contribution in [0.4, 0.5) is 5.82 Å². The van der Waals surface area contributed by atoms with Crippen LogP contribution in [0.1, 0.15) is 20.1 Å². The van der Waals surface area contributed by atoms with Gasteiger partial charge in [0.15, 0.2) is 29.9 Å². The lowest BCUT2D eigenvalue weighted by Gasteiger charge is -2.23. The molecule has 0 radical (unpaired) electrons. The maximum atomic E-state index is 11.5. The molecule has 4 atom stereocenters. The van der Waals surface area contributed by atoms with Gasteiger partial charge >= 0.3 is 11.9 Å². The SMILES string of the molecule is CC(=O)O[C@H]1[C@H](OC(C)=O)[C@@H](CO)O[C@H]1n1cnc2c(N)ncnc21. The summed E-state index contributed by atoms with van der Waals surface area (Å²) in [4.78, 5) is 35.0. The van der Waals surface area contributed by atoms with Gasteiger partial charge in [-0.3, -0.25) is 14.2 Å². The van der Waals surface area contributed by atoms with E-state index in [1.54, 1.807) is 0 Å². The molecule has 3 heterocycles. The van der Waals surface area contributed by atoms with E-state index in [1.807, 2.05) is 0 Å². The normalized spacial score (nSPS) is 25.9. The number of aliphatic hydroxyl groups is 1. The van der Waals surface area contributed by atoms with Gasteiger partial charge in [-0.15, -0.1) is 0 Å².